The molecule has 114 valence electrons. The molecule has 5 nitrogen and oxygen atoms in total. The highest BCUT2D eigenvalue weighted by molar-refractivity contribution is 5.75. The minimum absolute atomic E-state index is 0.0198. The highest BCUT2D eigenvalue weighted by Crippen LogP contribution is 2.40. The predicted octanol–water partition coefficient (Wildman–Crippen LogP) is 2.46. The molecule has 2 fully saturated rings. The van der Waals surface area contributed by atoms with Crippen molar-refractivity contribution >= 4 is 12.0 Å². The SMILES string of the molecule is CCC1(CNC(=O)N2CCC(C(=O)O)CC2)CCCC1. The van der Waals surface area contributed by atoms with Crippen LogP contribution >= 0.6 is 0 Å². The number of carboxylic acid groups (broad SMARTS) is 1. The van der Waals surface area contributed by atoms with Crippen molar-refractivity contribution < 1.29 is 14.7 Å². The number of nitrogens with zero attached hydrogens (tertiary/aromatic N) is 1. The first kappa shape index (κ1) is 15.1. The summed E-state index contributed by atoms with van der Waals surface area (Å²) in [6.07, 6.45) is 7.23. The van der Waals surface area contributed by atoms with Crippen LogP contribution in [0.3, 0.4) is 0 Å². The summed E-state index contributed by atoms with van der Waals surface area (Å²) >= 11 is 0. The van der Waals surface area contributed by atoms with Crippen molar-refractivity contribution in [3.05, 3.63) is 0 Å². The van der Waals surface area contributed by atoms with Gasteiger partial charge >= 0.3 is 12.0 Å². The van der Waals surface area contributed by atoms with E-state index in [1.165, 1.54) is 25.7 Å². The van der Waals surface area contributed by atoms with Crippen molar-refractivity contribution in [2.75, 3.05) is 19.6 Å². The number of carbonyl (C=O) groups is 2. The van der Waals surface area contributed by atoms with Gasteiger partial charge in [0.15, 0.2) is 0 Å². The number of nitrogens with one attached hydrogen (secondary N) is 1. The summed E-state index contributed by atoms with van der Waals surface area (Å²) < 4.78 is 0. The first-order chi connectivity index (χ1) is 9.56. The Morgan fingerprint density at radius 3 is 2.35 bits per heavy atom. The van der Waals surface area contributed by atoms with E-state index in [-0.39, 0.29) is 11.9 Å². The number of aliphatic carboxylic acids is 1. The number of amides is 2. The molecule has 2 N–H and O–H groups in total. The van der Waals surface area contributed by atoms with Crippen LogP contribution in [0, 0.1) is 11.3 Å². The molecule has 0 unspecified atom stereocenters. The molecule has 0 aromatic heterocycles. The molecule has 1 aliphatic carbocycles. The highest BCUT2D eigenvalue weighted by Gasteiger charge is 2.33. The third kappa shape index (κ3) is 3.44. The zero-order valence-corrected chi connectivity index (χ0v) is 12.4. The molecule has 2 amide bonds. The minimum atomic E-state index is -0.735. The number of likely N-dealkylation sites (tertiary alicyclic amines) is 1. The van der Waals surface area contributed by atoms with E-state index in [1.54, 1.807) is 4.90 Å². The molecule has 0 radical (unpaired) electrons. The number of urea groups is 1. The summed E-state index contributed by atoms with van der Waals surface area (Å²) in [5, 5.41) is 12.0. The summed E-state index contributed by atoms with van der Waals surface area (Å²) in [5.41, 5.74) is 0.301. The zero-order valence-electron chi connectivity index (χ0n) is 12.4. The van der Waals surface area contributed by atoms with Gasteiger partial charge in [0.05, 0.1) is 5.92 Å². The second-order valence-corrected chi connectivity index (χ2v) is 6.32. The first-order valence-corrected chi connectivity index (χ1v) is 7.82. The van der Waals surface area contributed by atoms with Crippen molar-refractivity contribution in [3.63, 3.8) is 0 Å². The molecular formula is C15H26N2O3. The Labute approximate surface area is 120 Å². The lowest BCUT2D eigenvalue weighted by Crippen LogP contribution is -2.47. The maximum atomic E-state index is 12.2. The van der Waals surface area contributed by atoms with Gasteiger partial charge in [-0.1, -0.05) is 19.8 Å². The topological polar surface area (TPSA) is 69.6 Å². The van der Waals surface area contributed by atoms with E-state index < -0.39 is 5.97 Å². The number of carbonyl (C=O) groups excluding carboxylic acids is 1. The van der Waals surface area contributed by atoms with E-state index in [0.29, 0.717) is 31.3 Å². The van der Waals surface area contributed by atoms with E-state index in [2.05, 4.69) is 12.2 Å². The van der Waals surface area contributed by atoms with Crippen molar-refractivity contribution in [1.82, 2.24) is 10.2 Å². The molecule has 5 heteroatoms. The molecule has 1 heterocycles. The van der Waals surface area contributed by atoms with Crippen molar-refractivity contribution in [3.8, 4) is 0 Å². The highest BCUT2D eigenvalue weighted by atomic mass is 16.4. The van der Waals surface area contributed by atoms with E-state index in [4.69, 9.17) is 5.11 Å². The monoisotopic (exact) mass is 282 g/mol. The molecule has 0 atom stereocenters. The molecular weight excluding hydrogens is 256 g/mol. The lowest BCUT2D eigenvalue weighted by molar-refractivity contribution is -0.143. The van der Waals surface area contributed by atoms with Gasteiger partial charge in [-0.15, -0.1) is 0 Å². The third-order valence-corrected chi connectivity index (χ3v) is 5.16. The fourth-order valence-electron chi connectivity index (χ4n) is 3.48. The standard InChI is InChI=1S/C15H26N2O3/c1-2-15(7-3-4-8-15)11-16-14(20)17-9-5-12(6-10-17)13(18)19/h12H,2-11H2,1H3,(H,16,20)(H,18,19). The van der Waals surface area contributed by atoms with Gasteiger partial charge in [-0.2, -0.15) is 0 Å². The van der Waals surface area contributed by atoms with Gasteiger partial charge in [0.1, 0.15) is 0 Å². The quantitative estimate of drug-likeness (QED) is 0.832. The van der Waals surface area contributed by atoms with Crippen LogP contribution in [0.4, 0.5) is 4.79 Å². The van der Waals surface area contributed by atoms with Crippen LogP contribution < -0.4 is 5.32 Å². The maximum absolute atomic E-state index is 12.2. The Hall–Kier alpha value is -1.26. The lowest BCUT2D eigenvalue weighted by Gasteiger charge is -2.33. The largest absolute Gasteiger partial charge is 0.481 e. The van der Waals surface area contributed by atoms with Crippen LogP contribution in [0.5, 0.6) is 0 Å². The van der Waals surface area contributed by atoms with Gasteiger partial charge in [-0.3, -0.25) is 4.79 Å². The number of hydrogen-bond donors (Lipinski definition) is 2. The van der Waals surface area contributed by atoms with E-state index in [9.17, 15) is 9.59 Å². The number of rotatable bonds is 4. The van der Waals surface area contributed by atoms with Crippen LogP contribution in [0.2, 0.25) is 0 Å². The second-order valence-electron chi connectivity index (χ2n) is 6.32. The van der Waals surface area contributed by atoms with E-state index in [1.807, 2.05) is 0 Å². The average molecular weight is 282 g/mol. The number of piperidine rings is 1. The van der Waals surface area contributed by atoms with Crippen molar-refractivity contribution in [1.29, 1.82) is 0 Å². The van der Waals surface area contributed by atoms with E-state index in [0.717, 1.165) is 13.0 Å². The normalized spacial score (nSPS) is 22.8. The minimum Gasteiger partial charge on any atom is -0.481 e. The molecule has 0 aromatic rings. The fourth-order valence-corrected chi connectivity index (χ4v) is 3.48. The van der Waals surface area contributed by atoms with Gasteiger partial charge < -0.3 is 15.3 Å². The Bertz CT molecular complexity index is 356. The lowest BCUT2D eigenvalue weighted by atomic mass is 9.83. The van der Waals surface area contributed by atoms with Crippen molar-refractivity contribution in [2.45, 2.75) is 51.9 Å². The Kier molecular flexibility index (Phi) is 4.89. The number of hydrogen-bond acceptors (Lipinski definition) is 2. The molecule has 1 saturated carbocycles. The molecule has 1 saturated heterocycles. The molecule has 2 aliphatic rings. The summed E-state index contributed by atoms with van der Waals surface area (Å²) in [6.45, 7) is 4.08. The summed E-state index contributed by atoms with van der Waals surface area (Å²) in [7, 11) is 0. The van der Waals surface area contributed by atoms with Crippen LogP contribution in [-0.4, -0.2) is 41.6 Å². The second kappa shape index (κ2) is 6.46. The smallest absolute Gasteiger partial charge is 0.317 e. The number of carboxylic acids is 1. The summed E-state index contributed by atoms with van der Waals surface area (Å²) in [6, 6.07) is -0.0198. The van der Waals surface area contributed by atoms with Crippen molar-refractivity contribution in [2.24, 2.45) is 11.3 Å². The van der Waals surface area contributed by atoms with Crippen LogP contribution in [0.1, 0.15) is 51.9 Å². The molecule has 20 heavy (non-hydrogen) atoms. The van der Waals surface area contributed by atoms with Gasteiger partial charge in [0.25, 0.3) is 0 Å². The van der Waals surface area contributed by atoms with Crippen LogP contribution in [0.15, 0.2) is 0 Å². The molecule has 0 aromatic carbocycles. The molecule has 1 aliphatic heterocycles. The van der Waals surface area contributed by atoms with Crippen LogP contribution in [0.25, 0.3) is 0 Å². The Morgan fingerprint density at radius 1 is 1.25 bits per heavy atom. The van der Waals surface area contributed by atoms with Gasteiger partial charge in [-0.25, -0.2) is 4.79 Å². The van der Waals surface area contributed by atoms with Gasteiger partial charge in [0, 0.05) is 19.6 Å². The van der Waals surface area contributed by atoms with Gasteiger partial charge in [-0.05, 0) is 37.5 Å². The fraction of sp³-hybridized carbons (Fsp3) is 0.867. The molecule has 2 rings (SSSR count). The third-order valence-electron chi connectivity index (χ3n) is 5.16. The summed E-state index contributed by atoms with van der Waals surface area (Å²) in [5.74, 6) is -1.02. The molecule has 0 bridgehead atoms. The molecule has 0 spiro atoms. The maximum Gasteiger partial charge on any atom is 0.317 e. The Morgan fingerprint density at radius 2 is 1.85 bits per heavy atom. The first-order valence-electron chi connectivity index (χ1n) is 7.82. The zero-order chi connectivity index (χ0) is 14.6. The van der Waals surface area contributed by atoms with Crippen LogP contribution in [-0.2, 0) is 4.79 Å². The van der Waals surface area contributed by atoms with Gasteiger partial charge in [0.2, 0.25) is 0 Å². The Balaban J connectivity index is 1.77. The van der Waals surface area contributed by atoms with E-state index >= 15 is 0 Å². The average Bonchev–Trinajstić information content (AvgIpc) is 2.94. The summed E-state index contributed by atoms with van der Waals surface area (Å²) in [4.78, 5) is 24.8. The predicted molar refractivity (Wildman–Crippen MR) is 76.5 cm³/mol.